The van der Waals surface area contributed by atoms with E-state index in [9.17, 15) is 22.8 Å². The number of carbonyl (C=O) groups excluding carboxylic acids is 3. The number of aromatic nitrogens is 2. The molecule has 4 heterocycles. The molecule has 0 aliphatic carbocycles. The molecule has 60 heavy (non-hydrogen) atoms. The lowest BCUT2D eigenvalue weighted by Gasteiger charge is -2.33. The lowest BCUT2D eigenvalue weighted by Crippen LogP contribution is -2.53. The number of nitrogens with zero attached hydrogens (tertiary/aromatic N) is 5. The number of hydrogen-bond acceptors (Lipinski definition) is 11. The van der Waals surface area contributed by atoms with E-state index in [4.69, 9.17) is 16.3 Å². The van der Waals surface area contributed by atoms with Crippen LogP contribution in [0.1, 0.15) is 90.9 Å². The molecule has 2 N–H and O–H groups in total. The average Bonchev–Trinajstić information content (AvgIpc) is 3.57. The lowest BCUT2D eigenvalue weighted by molar-refractivity contribution is -0.150. The second-order valence-electron chi connectivity index (χ2n) is 15.8. The van der Waals surface area contributed by atoms with Crippen LogP contribution in [0.2, 0.25) is 5.02 Å². The summed E-state index contributed by atoms with van der Waals surface area (Å²) in [6.07, 6.45) is 5.73. The molecule has 3 amide bonds. The standard InChI is InChI=1S/C45H50ClN7O6S/c1-28(2)60(57,58)40-16-9-8-15-36(40)48-42-35(46)26-47-45(50-42)49-37-24-29(3)33(25-39(37)59-5)31-19-22-52(23-20-31)21-10-6-7-12-30-13-11-14-32-34(30)27-53(43(32)55)38-17-18-41(54)51(4)44(38)56/h8-9,11,13-16,24-26,28,31,38H,6,10,17-23,27H2,1-5H3,(H2,47,48,49,50). The summed E-state index contributed by atoms with van der Waals surface area (Å²) >= 11 is 6.47. The Hall–Kier alpha value is -5.49. The van der Waals surface area contributed by atoms with Crippen LogP contribution >= 0.6 is 11.6 Å². The number of halogens is 1. The van der Waals surface area contributed by atoms with Gasteiger partial charge in [-0.2, -0.15) is 4.98 Å². The Balaban J connectivity index is 0.930. The number of carbonyl (C=O) groups is 3. The molecule has 1 aromatic heterocycles. The quantitative estimate of drug-likeness (QED) is 0.0843. The third kappa shape index (κ3) is 8.84. The van der Waals surface area contributed by atoms with E-state index in [1.165, 1.54) is 18.8 Å². The summed E-state index contributed by atoms with van der Waals surface area (Å²) in [7, 11) is -0.456. The SMILES string of the molecule is COc1cc(C2CCN(CCCC#Cc3cccc4c3CN(C3CCC(=O)N(C)C3=O)C4=O)CC2)c(C)cc1Nc1ncc(Cl)c(Nc2ccccc2S(=O)(=O)C(C)C)n1. The van der Waals surface area contributed by atoms with Crippen molar-refractivity contribution < 1.29 is 27.5 Å². The number of aryl methyl sites for hydroxylation is 1. The van der Waals surface area contributed by atoms with Crippen LogP contribution in [0.5, 0.6) is 5.75 Å². The Labute approximate surface area is 356 Å². The molecule has 3 aliphatic heterocycles. The number of nitrogens with one attached hydrogen (secondary N) is 2. The maximum atomic E-state index is 13.3. The maximum absolute atomic E-state index is 13.3. The molecule has 1 unspecified atom stereocenters. The number of sulfone groups is 1. The summed E-state index contributed by atoms with van der Waals surface area (Å²) in [5.41, 5.74) is 5.67. The van der Waals surface area contributed by atoms with Gasteiger partial charge in [-0.05, 0) is 125 Å². The highest BCUT2D eigenvalue weighted by Gasteiger charge is 2.42. The first kappa shape index (κ1) is 42.6. The number of likely N-dealkylation sites (tertiary alicyclic amines) is 2. The van der Waals surface area contributed by atoms with Crippen molar-refractivity contribution in [3.8, 4) is 17.6 Å². The van der Waals surface area contributed by atoms with Crippen molar-refractivity contribution in [3.63, 3.8) is 0 Å². The summed E-state index contributed by atoms with van der Waals surface area (Å²) in [5, 5.41) is 6.01. The minimum absolute atomic E-state index is 0.165. The third-order valence-corrected chi connectivity index (χ3v) is 14.2. The number of unbranched alkanes of at least 4 members (excludes halogenated alkanes) is 1. The highest BCUT2D eigenvalue weighted by molar-refractivity contribution is 7.92. The predicted octanol–water partition coefficient (Wildman–Crippen LogP) is 7.23. The minimum atomic E-state index is -3.57. The Morgan fingerprint density at radius 2 is 1.77 bits per heavy atom. The van der Waals surface area contributed by atoms with Gasteiger partial charge in [-0.15, -0.1) is 0 Å². The number of fused-ring (bicyclic) bond motifs is 1. The Morgan fingerprint density at radius 1 is 1.00 bits per heavy atom. The predicted molar refractivity (Wildman–Crippen MR) is 232 cm³/mol. The van der Waals surface area contributed by atoms with Crippen molar-refractivity contribution >= 4 is 62.3 Å². The highest BCUT2D eigenvalue weighted by atomic mass is 35.5. The number of hydrogen-bond donors (Lipinski definition) is 2. The van der Waals surface area contributed by atoms with Crippen LogP contribution in [-0.4, -0.2) is 95.9 Å². The van der Waals surface area contributed by atoms with Crippen LogP contribution < -0.4 is 15.4 Å². The molecule has 0 saturated carbocycles. The van der Waals surface area contributed by atoms with E-state index >= 15 is 0 Å². The Bertz CT molecular complexity index is 2490. The number of rotatable bonds is 12. The fourth-order valence-electron chi connectivity index (χ4n) is 8.17. The van der Waals surface area contributed by atoms with Crippen LogP contribution in [0.4, 0.5) is 23.1 Å². The van der Waals surface area contributed by atoms with Gasteiger partial charge in [-0.25, -0.2) is 13.4 Å². The van der Waals surface area contributed by atoms with Crippen LogP contribution in [0, 0.1) is 18.8 Å². The molecule has 3 aromatic carbocycles. The van der Waals surface area contributed by atoms with E-state index < -0.39 is 21.1 Å². The zero-order valence-electron chi connectivity index (χ0n) is 34.5. The topological polar surface area (TPSA) is 154 Å². The van der Waals surface area contributed by atoms with Gasteiger partial charge < -0.3 is 25.2 Å². The first-order chi connectivity index (χ1) is 28.8. The molecule has 0 spiro atoms. The van der Waals surface area contributed by atoms with Gasteiger partial charge in [0.1, 0.15) is 16.8 Å². The van der Waals surface area contributed by atoms with Crippen LogP contribution in [0.25, 0.3) is 0 Å². The van der Waals surface area contributed by atoms with E-state index in [0.29, 0.717) is 41.6 Å². The largest absolute Gasteiger partial charge is 0.495 e. The molecule has 314 valence electrons. The van der Waals surface area contributed by atoms with E-state index in [2.05, 4.69) is 50.3 Å². The number of amides is 3. The fourth-order valence-corrected chi connectivity index (χ4v) is 9.51. The molecule has 7 rings (SSSR count). The molecule has 1 atom stereocenters. The Kier molecular flexibility index (Phi) is 12.8. The summed E-state index contributed by atoms with van der Waals surface area (Å²) in [4.78, 5) is 52.4. The number of likely N-dealkylation sites (N-methyl/N-ethyl adjacent to an activating group) is 1. The number of imide groups is 1. The van der Waals surface area contributed by atoms with Gasteiger partial charge in [0.05, 0.1) is 34.8 Å². The van der Waals surface area contributed by atoms with Crippen molar-refractivity contribution in [1.29, 1.82) is 0 Å². The number of anilines is 4. The monoisotopic (exact) mass is 851 g/mol. The molecule has 4 aromatic rings. The summed E-state index contributed by atoms with van der Waals surface area (Å²) < 4.78 is 31.9. The first-order valence-electron chi connectivity index (χ1n) is 20.3. The van der Waals surface area contributed by atoms with Crippen LogP contribution in [0.3, 0.4) is 0 Å². The lowest BCUT2D eigenvalue weighted by atomic mass is 9.86. The smallest absolute Gasteiger partial charge is 0.255 e. The number of ether oxygens (including phenoxy) is 1. The molecule has 2 saturated heterocycles. The van der Waals surface area contributed by atoms with Crippen molar-refractivity contribution in [2.45, 2.75) is 87.9 Å². The van der Waals surface area contributed by atoms with Gasteiger partial charge in [0.2, 0.25) is 11.9 Å². The number of piperidine rings is 2. The molecule has 3 aliphatic rings. The molecule has 0 bridgehead atoms. The minimum Gasteiger partial charge on any atom is -0.495 e. The summed E-state index contributed by atoms with van der Waals surface area (Å²) in [6, 6.07) is 15.7. The van der Waals surface area contributed by atoms with Gasteiger partial charge in [-0.1, -0.05) is 41.6 Å². The van der Waals surface area contributed by atoms with Crippen molar-refractivity contribution in [1.82, 2.24) is 24.7 Å². The Morgan fingerprint density at radius 3 is 2.52 bits per heavy atom. The molecule has 13 nitrogen and oxygen atoms in total. The number of para-hydroxylation sites is 1. The van der Waals surface area contributed by atoms with E-state index in [1.54, 1.807) is 56.2 Å². The summed E-state index contributed by atoms with van der Waals surface area (Å²) in [6.45, 7) is 8.59. The second-order valence-corrected chi connectivity index (χ2v) is 18.7. The average molecular weight is 852 g/mol. The van der Waals surface area contributed by atoms with Gasteiger partial charge in [0, 0.05) is 37.6 Å². The maximum Gasteiger partial charge on any atom is 0.255 e. The van der Waals surface area contributed by atoms with Crippen molar-refractivity contribution in [3.05, 3.63) is 93.6 Å². The third-order valence-electron chi connectivity index (χ3n) is 11.7. The summed E-state index contributed by atoms with van der Waals surface area (Å²) in [5.74, 6) is 7.45. The van der Waals surface area contributed by atoms with Crippen molar-refractivity contribution in [2.75, 3.05) is 44.4 Å². The molecular weight excluding hydrogens is 802 g/mol. The van der Waals surface area contributed by atoms with Crippen LogP contribution in [-0.2, 0) is 26.0 Å². The second kappa shape index (κ2) is 18.0. The van der Waals surface area contributed by atoms with Crippen LogP contribution in [0.15, 0.2) is 65.7 Å². The zero-order chi connectivity index (χ0) is 42.7. The van der Waals surface area contributed by atoms with E-state index in [0.717, 1.165) is 66.9 Å². The van der Waals surface area contributed by atoms with Gasteiger partial charge in [-0.3, -0.25) is 19.3 Å². The fraction of sp³-hybridized carbons (Fsp3) is 0.400. The van der Waals surface area contributed by atoms with Crippen molar-refractivity contribution in [2.24, 2.45) is 0 Å². The molecule has 2 fully saturated rings. The van der Waals surface area contributed by atoms with E-state index in [-0.39, 0.29) is 45.8 Å². The number of methoxy groups -OCH3 is 1. The van der Waals surface area contributed by atoms with E-state index in [1.807, 2.05) is 18.2 Å². The van der Waals surface area contributed by atoms with Gasteiger partial charge in [0.25, 0.3) is 11.8 Å². The zero-order valence-corrected chi connectivity index (χ0v) is 36.1. The number of benzene rings is 3. The molecule has 0 radical (unpaired) electrons. The van der Waals surface area contributed by atoms with Gasteiger partial charge >= 0.3 is 0 Å². The highest BCUT2D eigenvalue weighted by Crippen LogP contribution is 2.38. The normalized spacial score (nSPS) is 17.4. The van der Waals surface area contributed by atoms with Gasteiger partial charge in [0.15, 0.2) is 15.7 Å². The first-order valence-corrected chi connectivity index (χ1v) is 22.2. The molecular formula is C45H50ClN7O6S. The molecule has 15 heteroatoms.